The lowest BCUT2D eigenvalue weighted by Crippen LogP contribution is -2.53. The molecule has 0 aromatic heterocycles. The van der Waals surface area contributed by atoms with E-state index in [1.165, 1.54) is 0 Å². The summed E-state index contributed by atoms with van der Waals surface area (Å²) in [7, 11) is 0. The molecule has 8 heteroatoms. The minimum Gasteiger partial charge on any atom is -0.333 e. The molecule has 1 atom stereocenters. The molecule has 2 saturated heterocycles. The molecule has 2 heterocycles. The van der Waals surface area contributed by atoms with Crippen molar-refractivity contribution >= 4 is 46.6 Å². The molecule has 0 aliphatic carbocycles. The van der Waals surface area contributed by atoms with Crippen molar-refractivity contribution in [2.24, 2.45) is 0 Å². The second-order valence-corrected chi connectivity index (χ2v) is 8.54. The molecule has 1 aromatic carbocycles. The first-order valence-electron chi connectivity index (χ1n) is 10.3. The number of hydrogen-bond donors (Lipinski definition) is 1. The third-order valence-electron chi connectivity index (χ3n) is 5.56. The zero-order valence-corrected chi connectivity index (χ0v) is 18.0. The van der Waals surface area contributed by atoms with Crippen LogP contribution in [0.5, 0.6) is 0 Å². The van der Waals surface area contributed by atoms with Crippen LogP contribution >= 0.6 is 23.2 Å². The van der Waals surface area contributed by atoms with E-state index in [1.54, 1.807) is 28.0 Å². The Hall–Kier alpha value is -1.79. The smallest absolute Gasteiger partial charge is 0.247 e. The third kappa shape index (κ3) is 5.86. The van der Waals surface area contributed by atoms with Gasteiger partial charge in [0, 0.05) is 24.5 Å². The van der Waals surface area contributed by atoms with Gasteiger partial charge < -0.3 is 15.1 Å². The number of amides is 3. The van der Waals surface area contributed by atoms with Crippen LogP contribution in [0.4, 0.5) is 5.69 Å². The number of rotatable bonds is 4. The number of nitrogens with one attached hydrogen (secondary N) is 1. The summed E-state index contributed by atoms with van der Waals surface area (Å²) in [6.45, 7) is 1.17. The van der Waals surface area contributed by atoms with Gasteiger partial charge in [-0.3, -0.25) is 14.4 Å². The summed E-state index contributed by atoms with van der Waals surface area (Å²) in [4.78, 5) is 41.5. The molecule has 3 amide bonds. The summed E-state index contributed by atoms with van der Waals surface area (Å²) in [6, 6.07) is 4.31. The number of likely N-dealkylation sites (tertiary alicyclic amines) is 2. The molecule has 6 nitrogen and oxygen atoms in total. The van der Waals surface area contributed by atoms with Gasteiger partial charge in [0.05, 0.1) is 17.3 Å². The Bertz CT molecular complexity index is 772. The summed E-state index contributed by atoms with van der Waals surface area (Å²) >= 11 is 12.1. The van der Waals surface area contributed by atoms with E-state index in [2.05, 4.69) is 5.32 Å². The summed E-state index contributed by atoms with van der Waals surface area (Å²) in [5.41, 5.74) is 0.470. The Kier molecular flexibility index (Phi) is 7.78. The van der Waals surface area contributed by atoms with Crippen LogP contribution in [0.2, 0.25) is 10.0 Å². The van der Waals surface area contributed by atoms with Gasteiger partial charge in [0.25, 0.3) is 0 Å². The number of halogens is 2. The molecular weight excluding hydrogens is 413 g/mol. The maximum atomic E-state index is 13.0. The first-order valence-corrected chi connectivity index (χ1v) is 11.0. The third-order valence-corrected chi connectivity index (χ3v) is 6.11. The lowest BCUT2D eigenvalue weighted by atomic mass is 10.0. The normalized spacial score (nSPS) is 20.8. The quantitative estimate of drug-likeness (QED) is 0.767. The van der Waals surface area contributed by atoms with E-state index >= 15 is 0 Å². The molecule has 2 aliphatic rings. The van der Waals surface area contributed by atoms with Gasteiger partial charge in [0.1, 0.15) is 6.04 Å². The summed E-state index contributed by atoms with van der Waals surface area (Å²) in [5, 5.41) is 3.66. The molecular formula is C21H27Cl2N3O3. The Morgan fingerprint density at radius 1 is 1.03 bits per heavy atom. The van der Waals surface area contributed by atoms with Crippen molar-refractivity contribution in [1.29, 1.82) is 0 Å². The van der Waals surface area contributed by atoms with E-state index in [0.29, 0.717) is 41.7 Å². The second-order valence-electron chi connectivity index (χ2n) is 7.69. The Labute approximate surface area is 181 Å². The lowest BCUT2D eigenvalue weighted by Gasteiger charge is -2.36. The molecule has 158 valence electrons. The fourth-order valence-corrected chi connectivity index (χ4v) is 4.40. The van der Waals surface area contributed by atoms with Gasteiger partial charge in [-0.25, -0.2) is 0 Å². The van der Waals surface area contributed by atoms with E-state index in [4.69, 9.17) is 23.2 Å². The number of carbonyl (C=O) groups is 3. The highest BCUT2D eigenvalue weighted by atomic mass is 35.5. The van der Waals surface area contributed by atoms with Gasteiger partial charge >= 0.3 is 0 Å². The van der Waals surface area contributed by atoms with Crippen LogP contribution in [0.3, 0.4) is 0 Å². The van der Waals surface area contributed by atoms with Crippen molar-refractivity contribution in [2.45, 2.75) is 57.4 Å². The average Bonchev–Trinajstić information content (AvgIpc) is 2.69. The van der Waals surface area contributed by atoms with Crippen LogP contribution in [0.1, 0.15) is 51.4 Å². The van der Waals surface area contributed by atoms with Crippen molar-refractivity contribution < 1.29 is 14.4 Å². The maximum Gasteiger partial charge on any atom is 0.247 e. The molecule has 1 N–H and O–H groups in total. The predicted molar refractivity (Wildman–Crippen MR) is 114 cm³/mol. The average molecular weight is 440 g/mol. The van der Waals surface area contributed by atoms with E-state index in [1.807, 2.05) is 0 Å². The zero-order valence-electron chi connectivity index (χ0n) is 16.5. The highest BCUT2D eigenvalue weighted by molar-refractivity contribution is 6.36. The van der Waals surface area contributed by atoms with Crippen LogP contribution in [-0.2, 0) is 14.4 Å². The van der Waals surface area contributed by atoms with Crippen LogP contribution in [0, 0.1) is 0 Å². The Balaban J connectivity index is 1.66. The fraction of sp³-hybridized carbons (Fsp3) is 0.571. The van der Waals surface area contributed by atoms with E-state index < -0.39 is 6.04 Å². The molecule has 1 unspecified atom stereocenters. The standard InChI is InChI=1S/C21H27Cl2N3O3/c22-15-9-10-17(16(23)13-15)24-21(29)18-7-4-6-12-26(18)20(28)14-25-11-5-2-1-3-8-19(25)27/h9-10,13,18H,1-8,11-12,14H2,(H,24,29). The van der Waals surface area contributed by atoms with E-state index in [0.717, 1.165) is 38.5 Å². The van der Waals surface area contributed by atoms with Gasteiger partial charge in [-0.15, -0.1) is 0 Å². The first-order chi connectivity index (χ1) is 14.0. The minimum absolute atomic E-state index is 0.0315. The molecule has 0 bridgehead atoms. The number of benzene rings is 1. The summed E-state index contributed by atoms with van der Waals surface area (Å²) in [6.07, 6.45) is 6.74. The first kappa shape index (κ1) is 21.9. The van der Waals surface area contributed by atoms with Crippen LogP contribution in [-0.4, -0.2) is 53.2 Å². The molecule has 1 aromatic rings. The molecule has 3 rings (SSSR count). The van der Waals surface area contributed by atoms with Gasteiger partial charge in [-0.2, -0.15) is 0 Å². The molecule has 2 aliphatic heterocycles. The van der Waals surface area contributed by atoms with Gasteiger partial charge in [0.15, 0.2) is 0 Å². The van der Waals surface area contributed by atoms with Gasteiger partial charge in [-0.1, -0.05) is 36.0 Å². The van der Waals surface area contributed by atoms with Crippen molar-refractivity contribution in [3.8, 4) is 0 Å². The SMILES string of the molecule is O=C(Nc1ccc(Cl)cc1Cl)C1CCCCN1C(=O)CN1CCCCCCC1=O. The fourth-order valence-electron chi connectivity index (χ4n) is 3.95. The van der Waals surface area contributed by atoms with Gasteiger partial charge in [-0.05, 0) is 50.3 Å². The molecule has 0 spiro atoms. The van der Waals surface area contributed by atoms with E-state index in [9.17, 15) is 14.4 Å². The predicted octanol–water partition coefficient (Wildman–Crippen LogP) is 4.11. The van der Waals surface area contributed by atoms with Crippen molar-refractivity contribution in [1.82, 2.24) is 9.80 Å². The number of anilines is 1. The number of carbonyl (C=O) groups excluding carboxylic acids is 3. The van der Waals surface area contributed by atoms with E-state index in [-0.39, 0.29) is 24.3 Å². The molecule has 29 heavy (non-hydrogen) atoms. The van der Waals surface area contributed by atoms with Crippen molar-refractivity contribution in [2.75, 3.05) is 25.0 Å². The number of piperidine rings is 1. The summed E-state index contributed by atoms with van der Waals surface area (Å²) < 4.78 is 0. The minimum atomic E-state index is -0.562. The topological polar surface area (TPSA) is 69.7 Å². The van der Waals surface area contributed by atoms with Crippen LogP contribution in [0.15, 0.2) is 18.2 Å². The van der Waals surface area contributed by atoms with Crippen LogP contribution < -0.4 is 5.32 Å². The second kappa shape index (κ2) is 10.3. The highest BCUT2D eigenvalue weighted by Crippen LogP contribution is 2.27. The molecule has 2 fully saturated rings. The van der Waals surface area contributed by atoms with Crippen molar-refractivity contribution in [3.63, 3.8) is 0 Å². The zero-order chi connectivity index (χ0) is 20.8. The highest BCUT2D eigenvalue weighted by Gasteiger charge is 2.33. The van der Waals surface area contributed by atoms with Crippen molar-refractivity contribution in [3.05, 3.63) is 28.2 Å². The maximum absolute atomic E-state index is 13.0. The number of nitrogens with zero attached hydrogens (tertiary/aromatic N) is 2. The Morgan fingerprint density at radius 2 is 1.79 bits per heavy atom. The van der Waals surface area contributed by atoms with Crippen LogP contribution in [0.25, 0.3) is 0 Å². The lowest BCUT2D eigenvalue weighted by molar-refractivity contribution is -0.145. The largest absolute Gasteiger partial charge is 0.333 e. The number of hydrogen-bond acceptors (Lipinski definition) is 3. The Morgan fingerprint density at radius 3 is 2.59 bits per heavy atom. The molecule has 0 radical (unpaired) electrons. The molecule has 0 saturated carbocycles. The van der Waals surface area contributed by atoms with Gasteiger partial charge in [0.2, 0.25) is 17.7 Å². The summed E-state index contributed by atoms with van der Waals surface area (Å²) in [5.74, 6) is -0.397. The monoisotopic (exact) mass is 439 g/mol.